The zero-order valence-corrected chi connectivity index (χ0v) is 12.3. The van der Waals surface area contributed by atoms with Gasteiger partial charge in [0, 0.05) is 35.9 Å². The Hall–Kier alpha value is -1.24. The molecule has 6 heteroatoms. The number of carbonyl (C=O) groups excluding carboxylic acids is 1. The van der Waals surface area contributed by atoms with Gasteiger partial charge in [0.15, 0.2) is 0 Å². The normalized spacial score (nSPS) is 21.9. The Morgan fingerprint density at radius 1 is 1.50 bits per heavy atom. The number of hydrogen-bond donors (Lipinski definition) is 2. The fraction of sp³-hybridized carbons (Fsp3) is 0.500. The minimum Gasteiger partial charge on any atom is -0.366 e. The molecule has 1 fully saturated rings. The Morgan fingerprint density at radius 3 is 2.85 bits per heavy atom. The Labute approximate surface area is 121 Å². The Bertz CT molecular complexity index is 461. The molecule has 3 unspecified atom stereocenters. The summed E-state index contributed by atoms with van der Waals surface area (Å²) in [6.45, 7) is 1.82. The van der Waals surface area contributed by atoms with Crippen LogP contribution in [0.1, 0.15) is 11.6 Å². The summed E-state index contributed by atoms with van der Waals surface area (Å²) in [5.74, 6) is 0.243. The monoisotopic (exact) mass is 296 g/mol. The third-order valence-corrected chi connectivity index (χ3v) is 3.94. The van der Waals surface area contributed by atoms with Crippen LogP contribution in [0.5, 0.6) is 0 Å². The molecule has 1 aromatic carbocycles. The van der Waals surface area contributed by atoms with Crippen LogP contribution in [-0.2, 0) is 20.3 Å². The van der Waals surface area contributed by atoms with Crippen molar-refractivity contribution in [1.29, 1.82) is 0 Å². The molecule has 110 valence electrons. The number of nitrogens with one attached hydrogen (secondary N) is 2. The molecule has 0 aromatic heterocycles. The SMILES string of the molecule is CS(=O)CC(NC(=O)C1CNCCO1)c1ccccc1. The van der Waals surface area contributed by atoms with Crippen molar-refractivity contribution in [1.82, 2.24) is 10.6 Å². The third-order valence-electron chi connectivity index (χ3n) is 3.14. The molecular formula is C14H20N2O3S. The number of morpholine rings is 1. The molecule has 0 bridgehead atoms. The van der Waals surface area contributed by atoms with Crippen LogP contribution in [0.2, 0.25) is 0 Å². The maximum atomic E-state index is 12.2. The molecule has 3 atom stereocenters. The maximum Gasteiger partial charge on any atom is 0.250 e. The van der Waals surface area contributed by atoms with E-state index in [1.54, 1.807) is 6.26 Å². The number of rotatable bonds is 5. The van der Waals surface area contributed by atoms with Crippen molar-refractivity contribution in [2.45, 2.75) is 12.1 Å². The van der Waals surface area contributed by atoms with E-state index in [4.69, 9.17) is 4.74 Å². The van der Waals surface area contributed by atoms with Gasteiger partial charge in [-0.05, 0) is 5.56 Å². The van der Waals surface area contributed by atoms with Crippen molar-refractivity contribution < 1.29 is 13.7 Å². The first-order chi connectivity index (χ1) is 9.66. The molecule has 1 heterocycles. The van der Waals surface area contributed by atoms with Crippen LogP contribution in [-0.4, -0.2) is 47.9 Å². The first kappa shape index (κ1) is 15.2. The van der Waals surface area contributed by atoms with Crippen molar-refractivity contribution in [3.63, 3.8) is 0 Å². The van der Waals surface area contributed by atoms with Crippen LogP contribution in [0, 0.1) is 0 Å². The van der Waals surface area contributed by atoms with Gasteiger partial charge in [0.05, 0.1) is 12.6 Å². The minimum atomic E-state index is -0.989. The lowest BCUT2D eigenvalue weighted by Crippen LogP contribution is -2.49. The molecule has 0 aliphatic carbocycles. The van der Waals surface area contributed by atoms with Gasteiger partial charge in [0.2, 0.25) is 0 Å². The predicted octanol–water partition coefficient (Wildman–Crippen LogP) is 0.211. The second-order valence-electron chi connectivity index (χ2n) is 4.78. The average Bonchev–Trinajstić information content (AvgIpc) is 2.48. The lowest BCUT2D eigenvalue weighted by atomic mass is 10.1. The average molecular weight is 296 g/mol. The summed E-state index contributed by atoms with van der Waals surface area (Å²) >= 11 is 0. The van der Waals surface area contributed by atoms with E-state index < -0.39 is 16.9 Å². The van der Waals surface area contributed by atoms with Gasteiger partial charge in [-0.25, -0.2) is 0 Å². The van der Waals surface area contributed by atoms with Gasteiger partial charge in [0.1, 0.15) is 6.10 Å². The zero-order valence-electron chi connectivity index (χ0n) is 11.5. The summed E-state index contributed by atoms with van der Waals surface area (Å²) in [4.78, 5) is 12.2. The second-order valence-corrected chi connectivity index (χ2v) is 6.25. The lowest BCUT2D eigenvalue weighted by molar-refractivity contribution is -0.134. The molecule has 1 aliphatic heterocycles. The highest BCUT2D eigenvalue weighted by Crippen LogP contribution is 2.14. The van der Waals surface area contributed by atoms with Gasteiger partial charge in [-0.1, -0.05) is 30.3 Å². The Morgan fingerprint density at radius 2 is 2.25 bits per heavy atom. The molecule has 2 rings (SSSR count). The highest BCUT2D eigenvalue weighted by atomic mass is 32.2. The van der Waals surface area contributed by atoms with E-state index in [1.165, 1.54) is 0 Å². The van der Waals surface area contributed by atoms with E-state index in [0.29, 0.717) is 18.9 Å². The van der Waals surface area contributed by atoms with Gasteiger partial charge in [-0.2, -0.15) is 0 Å². The fourth-order valence-corrected chi connectivity index (χ4v) is 2.88. The molecule has 20 heavy (non-hydrogen) atoms. The molecule has 0 radical (unpaired) electrons. The lowest BCUT2D eigenvalue weighted by Gasteiger charge is -2.25. The second kappa shape index (κ2) is 7.52. The quantitative estimate of drug-likeness (QED) is 0.815. The van der Waals surface area contributed by atoms with Crippen molar-refractivity contribution in [3.8, 4) is 0 Å². The van der Waals surface area contributed by atoms with E-state index in [-0.39, 0.29) is 11.9 Å². The largest absolute Gasteiger partial charge is 0.366 e. The maximum absolute atomic E-state index is 12.2. The predicted molar refractivity (Wildman–Crippen MR) is 78.9 cm³/mol. The molecule has 1 aliphatic rings. The fourth-order valence-electron chi connectivity index (χ4n) is 2.14. The third kappa shape index (κ3) is 4.40. The topological polar surface area (TPSA) is 67.4 Å². The van der Waals surface area contributed by atoms with Crippen molar-refractivity contribution in [2.24, 2.45) is 0 Å². The van der Waals surface area contributed by atoms with Crippen molar-refractivity contribution in [2.75, 3.05) is 31.7 Å². The molecule has 0 spiro atoms. The van der Waals surface area contributed by atoms with E-state index in [0.717, 1.165) is 12.1 Å². The number of hydrogen-bond acceptors (Lipinski definition) is 4. The van der Waals surface area contributed by atoms with Crippen LogP contribution in [0.15, 0.2) is 30.3 Å². The van der Waals surface area contributed by atoms with E-state index >= 15 is 0 Å². The van der Waals surface area contributed by atoms with Crippen LogP contribution in [0.25, 0.3) is 0 Å². The summed E-state index contributed by atoms with van der Waals surface area (Å²) in [5.41, 5.74) is 0.958. The molecule has 1 saturated heterocycles. The highest BCUT2D eigenvalue weighted by Gasteiger charge is 2.25. The smallest absolute Gasteiger partial charge is 0.250 e. The first-order valence-electron chi connectivity index (χ1n) is 6.64. The summed E-state index contributed by atoms with van der Waals surface area (Å²) < 4.78 is 16.9. The summed E-state index contributed by atoms with van der Waals surface area (Å²) in [7, 11) is -0.989. The summed E-state index contributed by atoms with van der Waals surface area (Å²) in [5, 5.41) is 6.06. The van der Waals surface area contributed by atoms with Gasteiger partial charge in [-0.3, -0.25) is 9.00 Å². The van der Waals surface area contributed by atoms with Crippen LogP contribution in [0.3, 0.4) is 0 Å². The Kier molecular flexibility index (Phi) is 5.70. The van der Waals surface area contributed by atoms with E-state index in [9.17, 15) is 9.00 Å². The summed E-state index contributed by atoms with van der Waals surface area (Å²) in [6, 6.07) is 9.34. The zero-order chi connectivity index (χ0) is 14.4. The van der Waals surface area contributed by atoms with Crippen LogP contribution < -0.4 is 10.6 Å². The first-order valence-corrected chi connectivity index (χ1v) is 8.37. The highest BCUT2D eigenvalue weighted by molar-refractivity contribution is 7.84. The van der Waals surface area contributed by atoms with Gasteiger partial charge >= 0.3 is 0 Å². The van der Waals surface area contributed by atoms with Crippen molar-refractivity contribution in [3.05, 3.63) is 35.9 Å². The number of benzene rings is 1. The van der Waals surface area contributed by atoms with E-state index in [1.807, 2.05) is 30.3 Å². The minimum absolute atomic E-state index is 0.156. The molecule has 1 aromatic rings. The van der Waals surface area contributed by atoms with Gasteiger partial charge in [-0.15, -0.1) is 0 Å². The van der Waals surface area contributed by atoms with Crippen molar-refractivity contribution >= 4 is 16.7 Å². The number of ether oxygens (including phenoxy) is 1. The van der Waals surface area contributed by atoms with Crippen LogP contribution in [0.4, 0.5) is 0 Å². The number of amides is 1. The van der Waals surface area contributed by atoms with Gasteiger partial charge < -0.3 is 15.4 Å². The van der Waals surface area contributed by atoms with E-state index in [2.05, 4.69) is 10.6 Å². The van der Waals surface area contributed by atoms with Crippen LogP contribution >= 0.6 is 0 Å². The van der Waals surface area contributed by atoms with Gasteiger partial charge in [0.25, 0.3) is 5.91 Å². The number of carbonyl (C=O) groups is 1. The molecular weight excluding hydrogens is 276 g/mol. The standard InChI is InChI=1S/C14H20N2O3S/c1-20(18)10-12(11-5-3-2-4-6-11)16-14(17)13-9-15-7-8-19-13/h2-6,12-13,15H,7-10H2,1H3,(H,16,17). The molecule has 0 saturated carbocycles. The molecule has 1 amide bonds. The Balaban J connectivity index is 2.03. The molecule has 5 nitrogen and oxygen atoms in total. The summed E-state index contributed by atoms with van der Waals surface area (Å²) in [6.07, 6.45) is 1.17. The molecule has 2 N–H and O–H groups in total.